The first-order valence-electron chi connectivity index (χ1n) is 7.80. The number of aryl methyl sites for hydroxylation is 1. The second kappa shape index (κ2) is 4.93. The maximum Gasteiger partial charge on any atom is 0.0482 e. The van der Waals surface area contributed by atoms with Gasteiger partial charge in [0.05, 0.1) is 0 Å². The Morgan fingerprint density at radius 2 is 1.95 bits per heavy atom. The predicted molar refractivity (Wildman–Crippen MR) is 83.8 cm³/mol. The Labute approximate surface area is 125 Å². The van der Waals surface area contributed by atoms with Crippen molar-refractivity contribution in [3.8, 4) is 0 Å². The van der Waals surface area contributed by atoms with Gasteiger partial charge in [-0.15, -0.1) is 0 Å². The van der Waals surface area contributed by atoms with Gasteiger partial charge >= 0.3 is 0 Å². The van der Waals surface area contributed by atoms with Crippen LogP contribution in [0.3, 0.4) is 0 Å². The van der Waals surface area contributed by atoms with E-state index in [0.717, 1.165) is 12.8 Å². The maximum absolute atomic E-state index is 6.00. The Morgan fingerprint density at radius 1 is 1.14 bits per heavy atom. The minimum absolute atomic E-state index is 0.194. The summed E-state index contributed by atoms with van der Waals surface area (Å²) in [6, 6.07) is 15.3. The predicted octanol–water partition coefficient (Wildman–Crippen LogP) is 2.68. The van der Waals surface area contributed by atoms with Crippen molar-refractivity contribution in [2.45, 2.75) is 43.1 Å². The van der Waals surface area contributed by atoms with E-state index in [1.54, 1.807) is 0 Å². The third-order valence-electron chi connectivity index (χ3n) is 5.32. The molecule has 108 valence electrons. The SMILES string of the molecule is NNC(C1CCc2cccnc21)C1(c2ccccc2)CC1. The minimum atomic E-state index is 0.194. The lowest BCUT2D eigenvalue weighted by Gasteiger charge is -2.32. The third-order valence-corrected chi connectivity index (χ3v) is 5.32. The van der Waals surface area contributed by atoms with Crippen molar-refractivity contribution >= 4 is 0 Å². The van der Waals surface area contributed by atoms with Crippen LogP contribution in [0.5, 0.6) is 0 Å². The Morgan fingerprint density at radius 3 is 2.67 bits per heavy atom. The molecule has 1 saturated carbocycles. The number of hydrogen-bond acceptors (Lipinski definition) is 3. The lowest BCUT2D eigenvalue weighted by Crippen LogP contribution is -2.47. The molecule has 3 N–H and O–H groups in total. The maximum atomic E-state index is 6.00. The standard InChI is InChI=1S/C18H21N3/c19-21-17(15-9-8-13-5-4-12-20-16(13)15)18(10-11-18)14-6-2-1-3-7-14/h1-7,12,15,17,21H,8-11,19H2. The Balaban J connectivity index is 1.71. The van der Waals surface area contributed by atoms with E-state index < -0.39 is 0 Å². The second-order valence-corrected chi connectivity index (χ2v) is 6.36. The van der Waals surface area contributed by atoms with Gasteiger partial charge in [0.2, 0.25) is 0 Å². The summed E-state index contributed by atoms with van der Waals surface area (Å²) >= 11 is 0. The largest absolute Gasteiger partial charge is 0.271 e. The number of benzene rings is 1. The van der Waals surface area contributed by atoms with Gasteiger partial charge in [-0.25, -0.2) is 0 Å². The number of hydrogen-bond donors (Lipinski definition) is 2. The van der Waals surface area contributed by atoms with E-state index in [2.05, 4.69) is 46.8 Å². The monoisotopic (exact) mass is 279 g/mol. The normalized spacial score (nSPS) is 23.6. The van der Waals surface area contributed by atoms with Gasteiger partial charge in [0.25, 0.3) is 0 Å². The van der Waals surface area contributed by atoms with Gasteiger partial charge in [0, 0.05) is 29.3 Å². The van der Waals surface area contributed by atoms with Crippen molar-refractivity contribution in [3.05, 3.63) is 65.5 Å². The molecule has 3 heteroatoms. The molecule has 0 saturated heterocycles. The molecular formula is C18H21N3. The number of rotatable bonds is 4. The summed E-state index contributed by atoms with van der Waals surface area (Å²) in [5.41, 5.74) is 7.40. The van der Waals surface area contributed by atoms with Crippen LogP contribution in [0.15, 0.2) is 48.7 Å². The summed E-state index contributed by atoms with van der Waals surface area (Å²) in [6.07, 6.45) is 6.61. The van der Waals surface area contributed by atoms with Crippen LogP contribution in [0.2, 0.25) is 0 Å². The number of nitrogens with one attached hydrogen (secondary N) is 1. The third kappa shape index (κ3) is 2.00. The van der Waals surface area contributed by atoms with Crippen LogP contribution < -0.4 is 11.3 Å². The topological polar surface area (TPSA) is 50.9 Å². The fourth-order valence-electron chi connectivity index (χ4n) is 4.11. The molecule has 2 atom stereocenters. The fraction of sp³-hybridized carbons (Fsp3) is 0.389. The van der Waals surface area contributed by atoms with Crippen molar-refractivity contribution in [2.24, 2.45) is 5.84 Å². The van der Waals surface area contributed by atoms with Crippen molar-refractivity contribution in [3.63, 3.8) is 0 Å². The van der Waals surface area contributed by atoms with Gasteiger partial charge in [0.15, 0.2) is 0 Å². The highest BCUT2D eigenvalue weighted by Crippen LogP contribution is 2.55. The van der Waals surface area contributed by atoms with Gasteiger partial charge in [0.1, 0.15) is 0 Å². The smallest absolute Gasteiger partial charge is 0.0482 e. The number of nitrogens with zero attached hydrogens (tertiary/aromatic N) is 1. The molecule has 2 unspecified atom stereocenters. The lowest BCUT2D eigenvalue weighted by molar-refractivity contribution is 0.353. The van der Waals surface area contributed by atoms with Gasteiger partial charge in [-0.3, -0.25) is 16.3 Å². The molecule has 1 aromatic heterocycles. The molecule has 0 spiro atoms. The highest BCUT2D eigenvalue weighted by molar-refractivity contribution is 5.39. The second-order valence-electron chi connectivity index (χ2n) is 6.36. The number of aromatic nitrogens is 1. The van der Waals surface area contributed by atoms with Gasteiger partial charge < -0.3 is 0 Å². The molecular weight excluding hydrogens is 258 g/mol. The first-order valence-corrected chi connectivity index (χ1v) is 7.80. The summed E-state index contributed by atoms with van der Waals surface area (Å²) < 4.78 is 0. The van der Waals surface area contributed by atoms with E-state index >= 15 is 0 Å². The quantitative estimate of drug-likeness (QED) is 0.668. The van der Waals surface area contributed by atoms with Crippen LogP contribution in [0.25, 0.3) is 0 Å². The number of fused-ring (bicyclic) bond motifs is 1. The van der Waals surface area contributed by atoms with Crippen LogP contribution in [0.1, 0.15) is 42.0 Å². The molecule has 2 aliphatic rings. The van der Waals surface area contributed by atoms with Crippen molar-refractivity contribution in [2.75, 3.05) is 0 Å². The fourth-order valence-corrected chi connectivity index (χ4v) is 4.11. The number of pyridine rings is 1. The average molecular weight is 279 g/mol. The summed E-state index contributed by atoms with van der Waals surface area (Å²) in [5.74, 6) is 6.42. The number of nitrogens with two attached hydrogens (primary N) is 1. The van der Waals surface area contributed by atoms with Crippen LogP contribution in [-0.2, 0) is 11.8 Å². The molecule has 2 aromatic rings. The zero-order valence-electron chi connectivity index (χ0n) is 12.1. The zero-order chi connectivity index (χ0) is 14.3. The van der Waals surface area contributed by atoms with E-state index in [-0.39, 0.29) is 11.5 Å². The minimum Gasteiger partial charge on any atom is -0.271 e. The van der Waals surface area contributed by atoms with E-state index in [1.165, 1.54) is 29.7 Å². The molecule has 1 fully saturated rings. The molecule has 21 heavy (non-hydrogen) atoms. The van der Waals surface area contributed by atoms with Crippen molar-refractivity contribution in [1.29, 1.82) is 0 Å². The lowest BCUT2D eigenvalue weighted by atomic mass is 9.79. The molecule has 0 bridgehead atoms. The van der Waals surface area contributed by atoms with E-state index in [1.807, 2.05) is 12.3 Å². The summed E-state index contributed by atoms with van der Waals surface area (Å²) in [5, 5.41) is 0. The van der Waals surface area contributed by atoms with E-state index in [4.69, 9.17) is 5.84 Å². The molecule has 1 heterocycles. The van der Waals surface area contributed by atoms with Gasteiger partial charge in [-0.05, 0) is 42.9 Å². The van der Waals surface area contributed by atoms with Crippen LogP contribution >= 0.6 is 0 Å². The molecule has 0 amide bonds. The first kappa shape index (κ1) is 13.0. The summed E-state index contributed by atoms with van der Waals surface area (Å²) in [6.45, 7) is 0. The molecule has 1 aromatic carbocycles. The highest BCUT2D eigenvalue weighted by Gasteiger charge is 2.54. The van der Waals surface area contributed by atoms with Crippen LogP contribution in [0.4, 0.5) is 0 Å². The molecule has 0 radical (unpaired) electrons. The molecule has 4 rings (SSSR count). The summed E-state index contributed by atoms with van der Waals surface area (Å²) in [7, 11) is 0. The van der Waals surface area contributed by atoms with Crippen LogP contribution in [-0.4, -0.2) is 11.0 Å². The van der Waals surface area contributed by atoms with Crippen molar-refractivity contribution < 1.29 is 0 Å². The van der Waals surface area contributed by atoms with Crippen molar-refractivity contribution in [1.82, 2.24) is 10.4 Å². The van der Waals surface area contributed by atoms with E-state index in [0.29, 0.717) is 5.92 Å². The Hall–Kier alpha value is -1.71. The summed E-state index contributed by atoms with van der Waals surface area (Å²) in [4.78, 5) is 4.65. The first-order chi connectivity index (χ1) is 10.3. The highest BCUT2D eigenvalue weighted by atomic mass is 15.2. The number of hydrazine groups is 1. The van der Waals surface area contributed by atoms with E-state index in [9.17, 15) is 0 Å². The molecule has 0 aliphatic heterocycles. The molecule has 2 aliphatic carbocycles. The van der Waals surface area contributed by atoms with Gasteiger partial charge in [-0.2, -0.15) is 0 Å². The zero-order valence-corrected chi connectivity index (χ0v) is 12.1. The molecule has 3 nitrogen and oxygen atoms in total. The Kier molecular flexibility index (Phi) is 3.05. The van der Waals surface area contributed by atoms with Crippen LogP contribution in [0, 0.1) is 0 Å². The van der Waals surface area contributed by atoms with Gasteiger partial charge in [-0.1, -0.05) is 36.4 Å². The Bertz CT molecular complexity index is 634. The average Bonchev–Trinajstić information content (AvgIpc) is 3.24.